The lowest BCUT2D eigenvalue weighted by molar-refractivity contribution is 1.17. The zero-order valence-electron chi connectivity index (χ0n) is 28.2. The summed E-state index contributed by atoms with van der Waals surface area (Å²) in [6, 6.07) is 67.3. The van der Waals surface area contributed by atoms with E-state index in [1.165, 1.54) is 93.9 Å². The van der Waals surface area contributed by atoms with Crippen molar-refractivity contribution in [3.63, 3.8) is 0 Å². The summed E-state index contributed by atoms with van der Waals surface area (Å²) in [5.41, 5.74) is 17.4. The van der Waals surface area contributed by atoms with Crippen molar-refractivity contribution in [2.75, 3.05) is 4.81 Å². The Labute approximate surface area is 301 Å². The van der Waals surface area contributed by atoms with Gasteiger partial charge in [0.15, 0.2) is 0 Å². The third-order valence-electron chi connectivity index (χ3n) is 11.5. The Morgan fingerprint density at radius 3 is 1.33 bits per heavy atom. The van der Waals surface area contributed by atoms with Gasteiger partial charge in [0, 0.05) is 55.4 Å². The summed E-state index contributed by atoms with van der Waals surface area (Å²) in [5, 5.41) is 5.08. The van der Waals surface area contributed by atoms with Crippen LogP contribution in [0.3, 0.4) is 0 Å². The van der Waals surface area contributed by atoms with Gasteiger partial charge in [-0.3, -0.25) is 0 Å². The van der Waals surface area contributed by atoms with Gasteiger partial charge >= 0.3 is 6.85 Å². The van der Waals surface area contributed by atoms with Crippen LogP contribution in [0.1, 0.15) is 0 Å². The summed E-state index contributed by atoms with van der Waals surface area (Å²) in [5.74, 6) is 0. The Balaban J connectivity index is 1.18. The topological polar surface area (TPSA) is 13.1 Å². The lowest BCUT2D eigenvalue weighted by Crippen LogP contribution is -2.59. The molecule has 0 aliphatic carbocycles. The predicted octanol–water partition coefficient (Wildman–Crippen LogP) is 10.8. The van der Waals surface area contributed by atoms with Crippen LogP contribution in [-0.4, -0.2) is 16.0 Å². The second-order valence-corrected chi connectivity index (χ2v) is 14.1. The first kappa shape index (κ1) is 28.0. The molecule has 0 radical (unpaired) electrons. The Morgan fingerprint density at radius 2 is 0.731 bits per heavy atom. The number of benzene rings is 8. The zero-order valence-corrected chi connectivity index (χ0v) is 28.2. The van der Waals surface area contributed by atoms with Crippen LogP contribution in [0.2, 0.25) is 0 Å². The van der Waals surface area contributed by atoms with Gasteiger partial charge in [-0.2, -0.15) is 0 Å². The highest BCUT2D eigenvalue weighted by Crippen LogP contribution is 2.47. The van der Waals surface area contributed by atoms with Crippen molar-refractivity contribution in [3.8, 4) is 33.6 Å². The molecule has 3 nitrogen and oxygen atoms in total. The minimum absolute atomic E-state index is 0.0416. The van der Waals surface area contributed by atoms with E-state index in [2.05, 4.69) is 196 Å². The summed E-state index contributed by atoms with van der Waals surface area (Å²) < 4.78 is 4.88. The van der Waals surface area contributed by atoms with Crippen LogP contribution in [0.15, 0.2) is 182 Å². The maximum atomic E-state index is 2.59. The quantitative estimate of drug-likeness (QED) is 0.168. The summed E-state index contributed by atoms with van der Waals surface area (Å²) in [4.78, 5) is 2.59. The molecule has 0 bridgehead atoms. The highest BCUT2D eigenvalue weighted by atomic mass is 15.1. The van der Waals surface area contributed by atoms with E-state index in [0.29, 0.717) is 0 Å². The lowest BCUT2D eigenvalue weighted by Gasteiger charge is -2.43. The molecular weight excluding hydrogens is 629 g/mol. The Morgan fingerprint density at radius 1 is 0.308 bits per heavy atom. The van der Waals surface area contributed by atoms with E-state index in [4.69, 9.17) is 0 Å². The van der Waals surface area contributed by atoms with Gasteiger partial charge in [-0.1, -0.05) is 121 Å². The molecule has 10 aromatic rings. The Hall–Kier alpha value is -6.78. The SMILES string of the molecule is c1ccc2c(c1)B1c3ccc(-n4c5ccccc5c5ccccc54)cc3-c3cc(-n4c5ccccc5c5ccccc54)ccc3N1c1ccccc1-2. The van der Waals surface area contributed by atoms with Crippen LogP contribution in [0.5, 0.6) is 0 Å². The molecule has 0 spiro atoms. The summed E-state index contributed by atoms with van der Waals surface area (Å²) in [6.45, 7) is 0.0416. The van der Waals surface area contributed by atoms with E-state index < -0.39 is 0 Å². The van der Waals surface area contributed by atoms with E-state index in [-0.39, 0.29) is 6.85 Å². The molecule has 12 rings (SSSR count). The van der Waals surface area contributed by atoms with Crippen LogP contribution >= 0.6 is 0 Å². The van der Waals surface area contributed by atoms with Crippen LogP contribution in [-0.2, 0) is 0 Å². The number of para-hydroxylation sites is 5. The zero-order chi connectivity index (χ0) is 33.9. The predicted molar refractivity (Wildman–Crippen MR) is 220 cm³/mol. The minimum Gasteiger partial charge on any atom is -0.376 e. The van der Waals surface area contributed by atoms with Crippen molar-refractivity contribution in [1.82, 2.24) is 9.13 Å². The first-order valence-corrected chi connectivity index (χ1v) is 18.1. The molecule has 0 saturated heterocycles. The number of fused-ring (bicyclic) bond motifs is 17. The van der Waals surface area contributed by atoms with Crippen molar-refractivity contribution in [2.45, 2.75) is 0 Å². The van der Waals surface area contributed by atoms with Gasteiger partial charge in [0.1, 0.15) is 0 Å². The molecule has 52 heavy (non-hydrogen) atoms. The molecule has 240 valence electrons. The molecule has 4 heterocycles. The van der Waals surface area contributed by atoms with Gasteiger partial charge in [0.05, 0.1) is 22.1 Å². The first-order chi connectivity index (χ1) is 25.8. The normalized spacial score (nSPS) is 12.9. The van der Waals surface area contributed by atoms with Gasteiger partial charge in [0.25, 0.3) is 0 Å². The number of rotatable bonds is 2. The van der Waals surface area contributed by atoms with Crippen LogP contribution < -0.4 is 15.7 Å². The van der Waals surface area contributed by atoms with Crippen molar-refractivity contribution in [1.29, 1.82) is 0 Å². The summed E-state index contributed by atoms with van der Waals surface area (Å²) >= 11 is 0. The molecule has 2 aliphatic rings. The maximum Gasteiger partial charge on any atom is 0.329 e. The second kappa shape index (κ2) is 10.4. The molecule has 8 aromatic carbocycles. The standard InChI is InChI=1S/C48H30BN3/c1-7-19-41-33(13-1)34-14-6-12-24-47(34)52-48-28-26-32(51-45-22-10-4-17-37(45)38-18-5-11-23-46(38)51)30-40(48)39-29-31(25-27-42(39)49(41)52)50-43-20-8-2-15-35(43)36-16-3-9-21-44(36)50/h1-30H. The molecule has 0 atom stereocenters. The third-order valence-corrected chi connectivity index (χ3v) is 11.5. The van der Waals surface area contributed by atoms with E-state index in [0.717, 1.165) is 5.69 Å². The number of aromatic nitrogens is 2. The summed E-state index contributed by atoms with van der Waals surface area (Å²) in [7, 11) is 0. The highest BCUT2D eigenvalue weighted by Gasteiger charge is 2.42. The van der Waals surface area contributed by atoms with Gasteiger partial charge in [-0.05, 0) is 82.7 Å². The molecule has 0 unspecified atom stereocenters. The third kappa shape index (κ3) is 3.65. The van der Waals surface area contributed by atoms with E-state index >= 15 is 0 Å². The second-order valence-electron chi connectivity index (χ2n) is 14.1. The fourth-order valence-electron chi connectivity index (χ4n) is 9.39. The number of hydrogen-bond donors (Lipinski definition) is 0. The average molecular weight is 660 g/mol. The van der Waals surface area contributed by atoms with Gasteiger partial charge in [-0.15, -0.1) is 0 Å². The molecular formula is C48H30BN3. The van der Waals surface area contributed by atoms with Gasteiger partial charge < -0.3 is 13.9 Å². The van der Waals surface area contributed by atoms with Crippen LogP contribution in [0.25, 0.3) is 77.2 Å². The van der Waals surface area contributed by atoms with Crippen LogP contribution in [0, 0.1) is 0 Å². The smallest absolute Gasteiger partial charge is 0.329 e. The molecule has 0 fully saturated rings. The fraction of sp³-hybridized carbons (Fsp3) is 0. The highest BCUT2D eigenvalue weighted by molar-refractivity contribution is 6.92. The molecule has 4 heteroatoms. The lowest BCUT2D eigenvalue weighted by atomic mass is 9.43. The molecule has 0 amide bonds. The summed E-state index contributed by atoms with van der Waals surface area (Å²) in [6.07, 6.45) is 0. The molecule has 2 aromatic heterocycles. The van der Waals surface area contributed by atoms with Crippen molar-refractivity contribution in [2.24, 2.45) is 0 Å². The Kier molecular flexibility index (Phi) is 5.58. The number of nitrogens with zero attached hydrogens (tertiary/aromatic N) is 3. The van der Waals surface area contributed by atoms with Gasteiger partial charge in [-0.25, -0.2) is 0 Å². The molecule has 0 saturated carbocycles. The van der Waals surface area contributed by atoms with Crippen molar-refractivity contribution in [3.05, 3.63) is 182 Å². The number of anilines is 2. The van der Waals surface area contributed by atoms with Crippen molar-refractivity contribution >= 4 is 72.8 Å². The molecule has 2 aliphatic heterocycles. The number of hydrogen-bond acceptors (Lipinski definition) is 1. The fourth-order valence-corrected chi connectivity index (χ4v) is 9.39. The Bertz CT molecular complexity index is 2790. The first-order valence-electron chi connectivity index (χ1n) is 18.1. The average Bonchev–Trinajstić information content (AvgIpc) is 3.73. The van der Waals surface area contributed by atoms with E-state index in [1.54, 1.807) is 0 Å². The monoisotopic (exact) mass is 659 g/mol. The van der Waals surface area contributed by atoms with E-state index in [1.807, 2.05) is 0 Å². The van der Waals surface area contributed by atoms with Crippen LogP contribution in [0.4, 0.5) is 11.4 Å². The van der Waals surface area contributed by atoms with E-state index in [9.17, 15) is 0 Å². The minimum atomic E-state index is 0.0416. The molecule has 0 N–H and O–H groups in total. The van der Waals surface area contributed by atoms with Crippen molar-refractivity contribution < 1.29 is 0 Å². The van der Waals surface area contributed by atoms with Gasteiger partial charge in [0.2, 0.25) is 0 Å². The largest absolute Gasteiger partial charge is 0.376 e. The maximum absolute atomic E-state index is 2.59.